The fourth-order valence-corrected chi connectivity index (χ4v) is 4.42. The van der Waals surface area contributed by atoms with E-state index >= 15 is 0 Å². The van der Waals surface area contributed by atoms with Gasteiger partial charge in [-0.05, 0) is 55.4 Å². The lowest BCUT2D eigenvalue weighted by Crippen LogP contribution is -2.54. The average molecular weight is 377 g/mol. The summed E-state index contributed by atoms with van der Waals surface area (Å²) in [5.74, 6) is 0.137. The number of carbonyl (C=O) groups is 1. The zero-order valence-corrected chi connectivity index (χ0v) is 18.3. The lowest BCUT2D eigenvalue weighted by atomic mass is 9.83. The number of carbonyl (C=O) groups excluding carboxylic acids is 1. The van der Waals surface area contributed by atoms with Crippen molar-refractivity contribution in [2.45, 2.75) is 84.5 Å². The molecule has 0 aromatic carbocycles. The van der Waals surface area contributed by atoms with Gasteiger partial charge in [0.15, 0.2) is 0 Å². The molecule has 0 aromatic rings. The Bertz CT molecular complexity index is 624. The molecule has 0 saturated carbocycles. The molecule has 25 heavy (non-hydrogen) atoms. The van der Waals surface area contributed by atoms with Crippen LogP contribution in [0, 0.1) is 0 Å². The van der Waals surface area contributed by atoms with Crippen LogP contribution < -0.4 is 10.6 Å². The highest BCUT2D eigenvalue weighted by Gasteiger charge is 2.50. The summed E-state index contributed by atoms with van der Waals surface area (Å²) in [4.78, 5) is 13.1. The molecule has 2 saturated heterocycles. The van der Waals surface area contributed by atoms with Crippen molar-refractivity contribution >= 4 is 15.9 Å². The highest BCUT2D eigenvalue weighted by Crippen LogP contribution is 2.34. The predicted molar refractivity (Wildman–Crippen MR) is 102 cm³/mol. The first-order valence-corrected chi connectivity index (χ1v) is 10.5. The van der Waals surface area contributed by atoms with Crippen LogP contribution >= 0.6 is 0 Å². The highest BCUT2D eigenvalue weighted by molar-refractivity contribution is 7.88. The van der Waals surface area contributed by atoms with Gasteiger partial charge in [0.25, 0.3) is 0 Å². The monoisotopic (exact) mass is 376 g/mol. The van der Waals surface area contributed by atoms with Gasteiger partial charge >= 0.3 is 0 Å². The van der Waals surface area contributed by atoms with Crippen molar-refractivity contribution in [2.24, 2.45) is 0 Å². The van der Waals surface area contributed by atoms with Gasteiger partial charge in [-0.25, -0.2) is 8.42 Å². The summed E-state index contributed by atoms with van der Waals surface area (Å²) in [5.41, 5.74) is -0.659. The molecule has 0 radical (unpaired) electrons. The second-order valence-electron chi connectivity index (χ2n) is 9.10. The van der Waals surface area contributed by atoms with Crippen LogP contribution in [-0.2, 0) is 14.8 Å². The molecule has 2 aliphatic heterocycles. The van der Waals surface area contributed by atoms with Crippen molar-refractivity contribution in [1.29, 1.82) is 0 Å². The SMILES string of the molecule is CC(=O)N1CNC(C)(C)C1(C)C.CC1(C)NCN(S(C)(=O)=O)C1(C)C. The summed E-state index contributed by atoms with van der Waals surface area (Å²) >= 11 is 0. The Morgan fingerprint density at radius 3 is 1.40 bits per heavy atom. The molecule has 2 N–H and O–H groups in total. The van der Waals surface area contributed by atoms with Crippen LogP contribution in [0.4, 0.5) is 0 Å². The van der Waals surface area contributed by atoms with E-state index < -0.39 is 10.0 Å². The Hall–Kier alpha value is -0.700. The maximum Gasteiger partial charge on any atom is 0.220 e. The third-order valence-corrected chi connectivity index (χ3v) is 7.87. The molecule has 7 nitrogen and oxygen atoms in total. The van der Waals surface area contributed by atoms with E-state index in [1.54, 1.807) is 6.92 Å². The van der Waals surface area contributed by atoms with E-state index in [0.717, 1.165) is 0 Å². The zero-order chi connectivity index (χ0) is 20.1. The molecular formula is C17H36N4O3S. The van der Waals surface area contributed by atoms with Crippen LogP contribution in [0.5, 0.6) is 0 Å². The Kier molecular flexibility index (Phi) is 5.79. The minimum atomic E-state index is -3.11. The normalized spacial score (nSPS) is 26.9. The topological polar surface area (TPSA) is 81.8 Å². The second kappa shape index (κ2) is 6.48. The first kappa shape index (κ1) is 22.3. The standard InChI is InChI=1S/C9H18N2O.C8H18N2O2S/c1-7(12)11-6-10-8(2,3)9(11,4)5;1-7(2)8(3,4)10(6-9-7)13(5,11)12/h10H,6H2,1-5H3;9H,6H2,1-5H3. The summed E-state index contributed by atoms with van der Waals surface area (Å²) in [5, 5.41) is 6.51. The van der Waals surface area contributed by atoms with Crippen molar-refractivity contribution in [2.75, 3.05) is 19.6 Å². The Labute approximate surface area is 153 Å². The molecule has 0 bridgehead atoms. The number of nitrogens with one attached hydrogen (secondary N) is 2. The van der Waals surface area contributed by atoms with Gasteiger partial charge in [-0.3, -0.25) is 15.4 Å². The van der Waals surface area contributed by atoms with Crippen molar-refractivity contribution in [3.63, 3.8) is 0 Å². The van der Waals surface area contributed by atoms with E-state index in [4.69, 9.17) is 0 Å². The molecule has 2 heterocycles. The van der Waals surface area contributed by atoms with Crippen LogP contribution in [0.1, 0.15) is 62.3 Å². The third kappa shape index (κ3) is 4.02. The molecule has 0 unspecified atom stereocenters. The van der Waals surface area contributed by atoms with Gasteiger partial charge in [-0.1, -0.05) is 0 Å². The molecule has 0 spiro atoms. The van der Waals surface area contributed by atoms with Gasteiger partial charge in [0.2, 0.25) is 15.9 Å². The van der Waals surface area contributed by atoms with E-state index in [1.165, 1.54) is 10.6 Å². The molecule has 148 valence electrons. The van der Waals surface area contributed by atoms with E-state index in [9.17, 15) is 13.2 Å². The number of sulfonamides is 1. The number of hydrogen-bond acceptors (Lipinski definition) is 5. The van der Waals surface area contributed by atoms with Crippen molar-refractivity contribution < 1.29 is 13.2 Å². The predicted octanol–water partition coefficient (Wildman–Crippen LogP) is 1.32. The lowest BCUT2D eigenvalue weighted by molar-refractivity contribution is -0.132. The smallest absolute Gasteiger partial charge is 0.220 e. The van der Waals surface area contributed by atoms with E-state index in [2.05, 4.69) is 38.3 Å². The second-order valence-corrected chi connectivity index (χ2v) is 11.0. The molecule has 1 amide bonds. The fourth-order valence-electron chi connectivity index (χ4n) is 3.06. The summed E-state index contributed by atoms with van der Waals surface area (Å²) < 4.78 is 24.3. The van der Waals surface area contributed by atoms with Gasteiger partial charge in [0, 0.05) is 23.5 Å². The van der Waals surface area contributed by atoms with Crippen molar-refractivity contribution in [3.8, 4) is 0 Å². The summed E-state index contributed by atoms with van der Waals surface area (Å²) in [6.45, 7) is 19.0. The fraction of sp³-hybridized carbons (Fsp3) is 0.941. The van der Waals surface area contributed by atoms with Gasteiger partial charge < -0.3 is 4.90 Å². The van der Waals surface area contributed by atoms with Crippen molar-refractivity contribution in [3.05, 3.63) is 0 Å². The van der Waals surface area contributed by atoms with Gasteiger partial charge in [-0.15, -0.1) is 0 Å². The molecule has 0 atom stereocenters. The number of hydrogen-bond donors (Lipinski definition) is 2. The minimum Gasteiger partial charge on any atom is -0.323 e. The number of amides is 1. The molecule has 0 aromatic heterocycles. The molecular weight excluding hydrogens is 340 g/mol. The van der Waals surface area contributed by atoms with Crippen LogP contribution in [0.15, 0.2) is 0 Å². The maximum atomic E-state index is 11.4. The first-order chi connectivity index (χ1) is 10.9. The molecule has 2 aliphatic rings. The third-order valence-electron chi connectivity index (χ3n) is 6.48. The average Bonchev–Trinajstić information content (AvgIpc) is 2.70. The van der Waals surface area contributed by atoms with E-state index in [1.807, 2.05) is 32.6 Å². The molecule has 2 fully saturated rings. The van der Waals surface area contributed by atoms with E-state index in [-0.39, 0.29) is 28.1 Å². The Morgan fingerprint density at radius 1 is 0.840 bits per heavy atom. The maximum absolute atomic E-state index is 11.4. The Balaban J connectivity index is 0.000000251. The van der Waals surface area contributed by atoms with Gasteiger partial charge in [0.1, 0.15) is 0 Å². The Morgan fingerprint density at radius 2 is 1.24 bits per heavy atom. The molecule has 8 heteroatoms. The first-order valence-electron chi connectivity index (χ1n) is 8.64. The highest BCUT2D eigenvalue weighted by atomic mass is 32.2. The zero-order valence-electron chi connectivity index (χ0n) is 17.4. The quantitative estimate of drug-likeness (QED) is 0.721. The lowest BCUT2D eigenvalue weighted by Gasteiger charge is -2.39. The number of rotatable bonds is 1. The van der Waals surface area contributed by atoms with Crippen LogP contribution in [0.2, 0.25) is 0 Å². The van der Waals surface area contributed by atoms with Crippen LogP contribution in [0.3, 0.4) is 0 Å². The molecule has 0 aliphatic carbocycles. The number of nitrogens with zero attached hydrogens (tertiary/aromatic N) is 2. The summed E-state index contributed by atoms with van der Waals surface area (Å²) in [6, 6.07) is 0. The van der Waals surface area contributed by atoms with Gasteiger partial charge in [-0.2, -0.15) is 4.31 Å². The molecule has 2 rings (SSSR count). The van der Waals surface area contributed by atoms with Crippen LogP contribution in [0.25, 0.3) is 0 Å². The van der Waals surface area contributed by atoms with Gasteiger partial charge in [0.05, 0.1) is 25.1 Å². The largest absolute Gasteiger partial charge is 0.323 e. The van der Waals surface area contributed by atoms with Crippen LogP contribution in [-0.4, -0.2) is 65.3 Å². The van der Waals surface area contributed by atoms with E-state index in [0.29, 0.717) is 13.3 Å². The minimum absolute atomic E-state index is 0.00132. The summed E-state index contributed by atoms with van der Waals surface area (Å²) in [7, 11) is -3.11. The van der Waals surface area contributed by atoms with Crippen molar-refractivity contribution in [1.82, 2.24) is 19.8 Å². The summed E-state index contributed by atoms with van der Waals surface area (Å²) in [6.07, 6.45) is 1.25.